The third-order valence-corrected chi connectivity index (χ3v) is 8.93. The van der Waals surface area contributed by atoms with Crippen LogP contribution in [0.4, 0.5) is 5.69 Å². The average molecular weight is 612 g/mol. The van der Waals surface area contributed by atoms with Crippen LogP contribution in [0.15, 0.2) is 78.9 Å². The number of nitrogens with one attached hydrogen (secondary N) is 1. The van der Waals surface area contributed by atoms with Gasteiger partial charge in [0, 0.05) is 17.6 Å². The van der Waals surface area contributed by atoms with Crippen molar-refractivity contribution in [1.82, 2.24) is 10.2 Å². The fourth-order valence-electron chi connectivity index (χ4n) is 5.19. The van der Waals surface area contributed by atoms with Gasteiger partial charge >= 0.3 is 0 Å². The zero-order valence-corrected chi connectivity index (χ0v) is 25.6. The minimum Gasteiger partial charge on any atom is -0.457 e. The Morgan fingerprint density at radius 2 is 1.55 bits per heavy atom. The number of hydrogen-bond donors (Lipinski definition) is 1. The van der Waals surface area contributed by atoms with Crippen LogP contribution in [0, 0.1) is 0 Å². The number of rotatable bonds is 12. The van der Waals surface area contributed by atoms with E-state index in [9.17, 15) is 18.0 Å². The Bertz CT molecular complexity index is 1440. The lowest BCUT2D eigenvalue weighted by Gasteiger charge is -2.34. The molecular formula is C32H38ClN3O5S. The van der Waals surface area contributed by atoms with Gasteiger partial charge in [-0.05, 0) is 67.3 Å². The van der Waals surface area contributed by atoms with E-state index in [2.05, 4.69) is 5.32 Å². The monoisotopic (exact) mass is 611 g/mol. The SMILES string of the molecule is CC[C@@H](C(=O)NC1CCCCC1)N(Cc1ccccc1Cl)C(=O)CN(c1ccc(Oc2ccccc2)cc1)S(C)(=O)=O. The Kier molecular flexibility index (Phi) is 10.9. The van der Waals surface area contributed by atoms with E-state index in [-0.39, 0.29) is 18.5 Å². The Morgan fingerprint density at radius 1 is 0.929 bits per heavy atom. The number of halogens is 1. The molecule has 1 saturated carbocycles. The van der Waals surface area contributed by atoms with Crippen molar-refractivity contribution in [1.29, 1.82) is 0 Å². The Hall–Kier alpha value is -3.56. The molecule has 0 bridgehead atoms. The number of anilines is 1. The summed E-state index contributed by atoms with van der Waals surface area (Å²) in [6.07, 6.45) is 6.50. The van der Waals surface area contributed by atoms with E-state index < -0.39 is 28.5 Å². The summed E-state index contributed by atoms with van der Waals surface area (Å²) in [5.41, 5.74) is 0.980. The first-order valence-electron chi connectivity index (χ1n) is 14.3. The average Bonchev–Trinajstić information content (AvgIpc) is 2.97. The maximum absolute atomic E-state index is 14.0. The standard InChI is InChI=1S/C32H38ClN3O5S/c1-3-30(32(38)34-25-13-6-4-7-14-25)35(22-24-12-10-11-17-29(24)33)31(37)23-36(42(2,39)40)26-18-20-28(21-19-26)41-27-15-8-5-9-16-27/h5,8-12,15-21,25,30H,3-4,6-7,13-14,22-23H2,1-2H3,(H,34,38)/t30-/m0/s1. The molecule has 0 spiro atoms. The molecule has 0 unspecified atom stereocenters. The molecule has 1 aliphatic rings. The molecule has 2 amide bonds. The number of carbonyl (C=O) groups excluding carboxylic acids is 2. The second kappa shape index (κ2) is 14.6. The highest BCUT2D eigenvalue weighted by Crippen LogP contribution is 2.27. The van der Waals surface area contributed by atoms with Crippen LogP contribution >= 0.6 is 11.6 Å². The van der Waals surface area contributed by atoms with Crippen LogP contribution in [0.2, 0.25) is 5.02 Å². The van der Waals surface area contributed by atoms with Gasteiger partial charge in [0.25, 0.3) is 0 Å². The number of amides is 2. The first-order chi connectivity index (χ1) is 20.2. The minimum absolute atomic E-state index is 0.0660. The van der Waals surface area contributed by atoms with Crippen LogP contribution in [-0.4, -0.2) is 50.0 Å². The van der Waals surface area contributed by atoms with Crippen LogP contribution in [0.5, 0.6) is 11.5 Å². The van der Waals surface area contributed by atoms with Gasteiger partial charge in [-0.25, -0.2) is 8.42 Å². The quantitative estimate of drug-likeness (QED) is 0.265. The van der Waals surface area contributed by atoms with Gasteiger partial charge in [0.1, 0.15) is 24.1 Å². The van der Waals surface area contributed by atoms with Crippen molar-refractivity contribution >= 4 is 39.1 Å². The maximum atomic E-state index is 14.0. The number of nitrogens with zero attached hydrogens (tertiary/aromatic N) is 2. The number of ether oxygens (including phenoxy) is 1. The van der Waals surface area contributed by atoms with Crippen LogP contribution in [0.1, 0.15) is 51.0 Å². The van der Waals surface area contributed by atoms with E-state index in [1.807, 2.05) is 43.3 Å². The van der Waals surface area contributed by atoms with Crippen LogP contribution < -0.4 is 14.4 Å². The molecule has 1 fully saturated rings. The van der Waals surface area contributed by atoms with Gasteiger partial charge in [0.05, 0.1) is 11.9 Å². The first kappa shape index (κ1) is 31.4. The maximum Gasteiger partial charge on any atom is 0.244 e. The summed E-state index contributed by atoms with van der Waals surface area (Å²) in [6.45, 7) is 1.43. The molecule has 0 saturated heterocycles. The fraction of sp³-hybridized carbons (Fsp3) is 0.375. The second-order valence-corrected chi connectivity index (χ2v) is 12.9. The van der Waals surface area contributed by atoms with Crippen LogP contribution in [-0.2, 0) is 26.2 Å². The number of para-hydroxylation sites is 1. The highest BCUT2D eigenvalue weighted by Gasteiger charge is 2.33. The Balaban J connectivity index is 1.58. The number of sulfonamides is 1. The molecule has 8 nitrogen and oxygen atoms in total. The molecular weight excluding hydrogens is 574 g/mol. The van der Waals surface area contributed by atoms with E-state index in [4.69, 9.17) is 16.3 Å². The molecule has 4 rings (SSSR count). The molecule has 1 N–H and O–H groups in total. The summed E-state index contributed by atoms with van der Waals surface area (Å²) in [5, 5.41) is 3.60. The summed E-state index contributed by atoms with van der Waals surface area (Å²) in [5.74, 6) is 0.428. The van der Waals surface area contributed by atoms with Gasteiger partial charge in [-0.15, -0.1) is 0 Å². The van der Waals surface area contributed by atoms with Crippen molar-refractivity contribution in [2.24, 2.45) is 0 Å². The van der Waals surface area contributed by atoms with Crippen LogP contribution in [0.3, 0.4) is 0 Å². The van der Waals surface area contributed by atoms with Crippen molar-refractivity contribution in [2.75, 3.05) is 17.1 Å². The second-order valence-electron chi connectivity index (χ2n) is 10.6. The summed E-state index contributed by atoms with van der Waals surface area (Å²) in [4.78, 5) is 28.9. The predicted molar refractivity (Wildman–Crippen MR) is 166 cm³/mol. The molecule has 10 heteroatoms. The van der Waals surface area contributed by atoms with Crippen molar-refractivity contribution in [3.8, 4) is 11.5 Å². The highest BCUT2D eigenvalue weighted by molar-refractivity contribution is 7.92. The van der Waals surface area contributed by atoms with E-state index in [0.29, 0.717) is 34.2 Å². The molecule has 0 aromatic heterocycles. The zero-order chi connectivity index (χ0) is 30.1. The topological polar surface area (TPSA) is 96.0 Å². The first-order valence-corrected chi connectivity index (χ1v) is 16.5. The lowest BCUT2D eigenvalue weighted by atomic mass is 9.95. The van der Waals surface area contributed by atoms with Gasteiger partial charge in [-0.2, -0.15) is 0 Å². The Morgan fingerprint density at radius 3 is 2.17 bits per heavy atom. The largest absolute Gasteiger partial charge is 0.457 e. The Labute approximate surface area is 253 Å². The number of benzene rings is 3. The molecule has 1 aliphatic carbocycles. The molecule has 42 heavy (non-hydrogen) atoms. The summed E-state index contributed by atoms with van der Waals surface area (Å²) >= 11 is 6.45. The van der Waals surface area contributed by atoms with Gasteiger partial charge in [-0.1, -0.05) is 74.2 Å². The minimum atomic E-state index is -3.86. The van der Waals surface area contributed by atoms with Gasteiger partial charge in [-0.3, -0.25) is 13.9 Å². The molecule has 224 valence electrons. The lowest BCUT2D eigenvalue weighted by molar-refractivity contribution is -0.140. The van der Waals surface area contributed by atoms with Crippen molar-refractivity contribution in [3.05, 3.63) is 89.4 Å². The molecule has 1 atom stereocenters. The van der Waals surface area contributed by atoms with E-state index in [1.165, 1.54) is 4.90 Å². The number of carbonyl (C=O) groups is 2. The third kappa shape index (κ3) is 8.49. The van der Waals surface area contributed by atoms with Crippen LogP contribution in [0.25, 0.3) is 0 Å². The van der Waals surface area contributed by atoms with E-state index in [1.54, 1.807) is 42.5 Å². The smallest absolute Gasteiger partial charge is 0.244 e. The fourth-order valence-corrected chi connectivity index (χ4v) is 6.24. The van der Waals surface area contributed by atoms with Crippen molar-refractivity contribution < 1.29 is 22.7 Å². The summed E-state index contributed by atoms with van der Waals surface area (Å²) in [7, 11) is -3.86. The van der Waals surface area contributed by atoms with Crippen molar-refractivity contribution in [2.45, 2.75) is 64.1 Å². The molecule has 3 aromatic carbocycles. The van der Waals surface area contributed by atoms with Gasteiger partial charge in [0.2, 0.25) is 21.8 Å². The van der Waals surface area contributed by atoms with E-state index in [0.717, 1.165) is 42.7 Å². The summed E-state index contributed by atoms with van der Waals surface area (Å²) < 4.78 is 32.8. The molecule has 3 aromatic rings. The zero-order valence-electron chi connectivity index (χ0n) is 24.0. The molecule has 0 radical (unpaired) electrons. The normalized spacial score (nSPS) is 14.5. The van der Waals surface area contributed by atoms with Gasteiger partial charge in [0.15, 0.2) is 0 Å². The lowest BCUT2D eigenvalue weighted by Crippen LogP contribution is -2.54. The van der Waals surface area contributed by atoms with E-state index >= 15 is 0 Å². The predicted octanol–water partition coefficient (Wildman–Crippen LogP) is 6.15. The number of hydrogen-bond acceptors (Lipinski definition) is 5. The molecule has 0 aliphatic heterocycles. The summed E-state index contributed by atoms with van der Waals surface area (Å²) in [6, 6.07) is 22.1. The third-order valence-electron chi connectivity index (χ3n) is 7.42. The van der Waals surface area contributed by atoms with Crippen molar-refractivity contribution in [3.63, 3.8) is 0 Å². The van der Waals surface area contributed by atoms with Gasteiger partial charge < -0.3 is 15.0 Å². The molecule has 0 heterocycles. The highest BCUT2D eigenvalue weighted by atomic mass is 35.5.